The van der Waals surface area contributed by atoms with Crippen LogP contribution in [0.5, 0.6) is 0 Å². The topological polar surface area (TPSA) is 58.2 Å². The lowest BCUT2D eigenvalue weighted by Crippen LogP contribution is -2.37. The Hall–Kier alpha value is -1.66. The zero-order valence-electron chi connectivity index (χ0n) is 14.8. The summed E-state index contributed by atoms with van der Waals surface area (Å²) in [5, 5.41) is 5.87. The SMILES string of the molecule is CC(=O)NC(CC(=O)NC(C)Cc1ccc(Br)cc1)c1ccc(Br)cc1. The standard InChI is InChI=1S/C20H22Br2N2O2/c1-13(11-15-3-7-17(21)8-4-15)23-20(26)12-19(24-14(2)25)16-5-9-18(22)10-6-16/h3-10,13,19H,11-12H2,1-2H3,(H,23,26)(H,24,25). The van der Waals surface area contributed by atoms with Crippen molar-refractivity contribution in [2.75, 3.05) is 0 Å². The van der Waals surface area contributed by atoms with E-state index >= 15 is 0 Å². The molecule has 0 spiro atoms. The van der Waals surface area contributed by atoms with Crippen molar-refractivity contribution in [2.24, 2.45) is 0 Å². The van der Waals surface area contributed by atoms with E-state index in [0.717, 1.165) is 26.5 Å². The monoisotopic (exact) mass is 480 g/mol. The van der Waals surface area contributed by atoms with Crippen LogP contribution in [0, 0.1) is 0 Å². The fourth-order valence-electron chi connectivity index (χ4n) is 2.74. The van der Waals surface area contributed by atoms with Gasteiger partial charge in [0, 0.05) is 21.9 Å². The average Bonchev–Trinajstić information content (AvgIpc) is 2.56. The molecule has 2 unspecified atom stereocenters. The van der Waals surface area contributed by atoms with Crippen LogP contribution in [0.4, 0.5) is 0 Å². The van der Waals surface area contributed by atoms with Gasteiger partial charge in [-0.05, 0) is 48.7 Å². The highest BCUT2D eigenvalue weighted by Gasteiger charge is 2.18. The van der Waals surface area contributed by atoms with Gasteiger partial charge < -0.3 is 10.6 Å². The number of carbonyl (C=O) groups is 2. The molecule has 0 aliphatic rings. The lowest BCUT2D eigenvalue weighted by Gasteiger charge is -2.20. The zero-order chi connectivity index (χ0) is 19.1. The number of benzene rings is 2. The molecule has 0 radical (unpaired) electrons. The molecule has 4 nitrogen and oxygen atoms in total. The molecule has 2 atom stereocenters. The van der Waals surface area contributed by atoms with Gasteiger partial charge in [-0.15, -0.1) is 0 Å². The third kappa shape index (κ3) is 6.92. The van der Waals surface area contributed by atoms with Crippen molar-refractivity contribution in [2.45, 2.75) is 38.8 Å². The van der Waals surface area contributed by atoms with Crippen LogP contribution in [-0.2, 0) is 16.0 Å². The molecule has 0 aliphatic heterocycles. The highest BCUT2D eigenvalue weighted by molar-refractivity contribution is 9.10. The first-order valence-electron chi connectivity index (χ1n) is 8.40. The number of amides is 2. The Morgan fingerprint density at radius 2 is 1.46 bits per heavy atom. The van der Waals surface area contributed by atoms with E-state index in [4.69, 9.17) is 0 Å². The van der Waals surface area contributed by atoms with Crippen LogP contribution in [0.15, 0.2) is 57.5 Å². The molecule has 26 heavy (non-hydrogen) atoms. The summed E-state index contributed by atoms with van der Waals surface area (Å²) in [7, 11) is 0. The highest BCUT2D eigenvalue weighted by atomic mass is 79.9. The van der Waals surface area contributed by atoms with Gasteiger partial charge in [0.15, 0.2) is 0 Å². The minimum Gasteiger partial charge on any atom is -0.353 e. The van der Waals surface area contributed by atoms with Gasteiger partial charge in [-0.25, -0.2) is 0 Å². The van der Waals surface area contributed by atoms with Crippen molar-refractivity contribution in [1.29, 1.82) is 0 Å². The predicted octanol–water partition coefficient (Wildman–Crippen LogP) is 4.53. The molecule has 0 aliphatic carbocycles. The number of rotatable bonds is 7. The highest BCUT2D eigenvalue weighted by Crippen LogP contribution is 2.20. The molecule has 0 saturated carbocycles. The Morgan fingerprint density at radius 1 is 0.923 bits per heavy atom. The van der Waals surface area contributed by atoms with E-state index in [9.17, 15) is 9.59 Å². The molecule has 0 bridgehead atoms. The van der Waals surface area contributed by atoms with Crippen molar-refractivity contribution >= 4 is 43.7 Å². The summed E-state index contributed by atoms with van der Waals surface area (Å²) in [6, 6.07) is 15.3. The Balaban J connectivity index is 1.96. The first-order valence-corrected chi connectivity index (χ1v) is 9.98. The van der Waals surface area contributed by atoms with Gasteiger partial charge in [0.25, 0.3) is 0 Å². The van der Waals surface area contributed by atoms with Gasteiger partial charge in [0.2, 0.25) is 11.8 Å². The first-order chi connectivity index (χ1) is 12.3. The molecule has 2 amide bonds. The molecule has 0 fully saturated rings. The summed E-state index contributed by atoms with van der Waals surface area (Å²) in [5.74, 6) is -0.245. The fraction of sp³-hybridized carbons (Fsp3) is 0.300. The molecule has 0 saturated heterocycles. The van der Waals surface area contributed by atoms with Gasteiger partial charge in [0.05, 0.1) is 12.5 Å². The molecular weight excluding hydrogens is 460 g/mol. The van der Waals surface area contributed by atoms with Gasteiger partial charge in [0.1, 0.15) is 0 Å². The van der Waals surface area contributed by atoms with Crippen molar-refractivity contribution in [3.8, 4) is 0 Å². The third-order valence-electron chi connectivity index (χ3n) is 3.90. The molecule has 138 valence electrons. The maximum absolute atomic E-state index is 12.5. The van der Waals surface area contributed by atoms with Crippen LogP contribution in [0.1, 0.15) is 37.4 Å². The van der Waals surface area contributed by atoms with E-state index in [1.54, 1.807) is 0 Å². The average molecular weight is 482 g/mol. The summed E-state index contributed by atoms with van der Waals surface area (Å²) in [6.07, 6.45) is 0.952. The third-order valence-corrected chi connectivity index (χ3v) is 4.96. The molecule has 2 N–H and O–H groups in total. The van der Waals surface area contributed by atoms with Gasteiger partial charge >= 0.3 is 0 Å². The Morgan fingerprint density at radius 3 is 2.00 bits per heavy atom. The first kappa shape index (κ1) is 20.6. The number of nitrogens with one attached hydrogen (secondary N) is 2. The lowest BCUT2D eigenvalue weighted by molar-refractivity contribution is -0.123. The zero-order valence-corrected chi connectivity index (χ0v) is 17.9. The molecule has 2 rings (SSSR count). The summed E-state index contributed by atoms with van der Waals surface area (Å²) in [5.41, 5.74) is 2.06. The number of hydrogen-bond acceptors (Lipinski definition) is 2. The van der Waals surface area contributed by atoms with Crippen LogP contribution >= 0.6 is 31.9 Å². The fourth-order valence-corrected chi connectivity index (χ4v) is 3.27. The number of carbonyl (C=O) groups excluding carboxylic acids is 2. The van der Waals surface area contributed by atoms with Gasteiger partial charge in [-0.2, -0.15) is 0 Å². The Labute approximate surface area is 171 Å². The molecular formula is C20H22Br2N2O2. The quantitative estimate of drug-likeness (QED) is 0.610. The van der Waals surface area contributed by atoms with Gasteiger partial charge in [-0.1, -0.05) is 56.1 Å². The van der Waals surface area contributed by atoms with Crippen LogP contribution < -0.4 is 10.6 Å². The summed E-state index contributed by atoms with van der Waals surface area (Å²) in [6.45, 7) is 3.44. The van der Waals surface area contributed by atoms with Crippen LogP contribution in [-0.4, -0.2) is 17.9 Å². The maximum Gasteiger partial charge on any atom is 0.222 e. The van der Waals surface area contributed by atoms with E-state index < -0.39 is 0 Å². The number of hydrogen-bond donors (Lipinski definition) is 2. The van der Waals surface area contributed by atoms with Crippen molar-refractivity contribution < 1.29 is 9.59 Å². The molecule has 2 aromatic carbocycles. The minimum atomic E-state index is -0.347. The van der Waals surface area contributed by atoms with Gasteiger partial charge in [-0.3, -0.25) is 9.59 Å². The normalized spacial score (nSPS) is 12.9. The van der Waals surface area contributed by atoms with Crippen LogP contribution in [0.25, 0.3) is 0 Å². The minimum absolute atomic E-state index is 0.00608. The van der Waals surface area contributed by atoms with Crippen LogP contribution in [0.3, 0.4) is 0 Å². The van der Waals surface area contributed by atoms with E-state index in [0.29, 0.717) is 0 Å². The Bertz CT molecular complexity index is 745. The molecule has 6 heteroatoms. The lowest BCUT2D eigenvalue weighted by atomic mass is 10.0. The largest absolute Gasteiger partial charge is 0.353 e. The Kier molecular flexibility index (Phi) is 7.85. The predicted molar refractivity (Wildman–Crippen MR) is 111 cm³/mol. The van der Waals surface area contributed by atoms with E-state index in [2.05, 4.69) is 42.5 Å². The van der Waals surface area contributed by atoms with E-state index in [-0.39, 0.29) is 30.3 Å². The van der Waals surface area contributed by atoms with Crippen molar-refractivity contribution in [3.05, 3.63) is 68.6 Å². The second kappa shape index (κ2) is 9.88. The van der Waals surface area contributed by atoms with E-state index in [1.165, 1.54) is 6.92 Å². The molecule has 0 aromatic heterocycles. The molecule has 2 aromatic rings. The van der Waals surface area contributed by atoms with Crippen molar-refractivity contribution in [1.82, 2.24) is 10.6 Å². The summed E-state index contributed by atoms with van der Waals surface area (Å²) >= 11 is 6.81. The van der Waals surface area contributed by atoms with Crippen LogP contribution in [0.2, 0.25) is 0 Å². The molecule has 0 heterocycles. The summed E-state index contributed by atoms with van der Waals surface area (Å²) in [4.78, 5) is 24.0. The second-order valence-corrected chi connectivity index (χ2v) is 8.14. The van der Waals surface area contributed by atoms with E-state index in [1.807, 2.05) is 55.5 Å². The number of halogens is 2. The smallest absolute Gasteiger partial charge is 0.222 e. The van der Waals surface area contributed by atoms with Crippen molar-refractivity contribution in [3.63, 3.8) is 0 Å². The maximum atomic E-state index is 12.5. The second-order valence-electron chi connectivity index (χ2n) is 6.31. The summed E-state index contributed by atoms with van der Waals surface area (Å²) < 4.78 is 1.99.